The smallest absolute Gasteiger partial charge is 0.128 e. The summed E-state index contributed by atoms with van der Waals surface area (Å²) < 4.78 is 0. The van der Waals surface area contributed by atoms with E-state index < -0.39 is 0 Å². The van der Waals surface area contributed by atoms with Crippen LogP contribution >= 0.6 is 0 Å². The minimum atomic E-state index is -0.249. The normalized spacial score (nSPS) is 17.9. The summed E-state index contributed by atoms with van der Waals surface area (Å²) in [5.74, 6) is 0.521. The number of rotatable bonds is 6. The van der Waals surface area contributed by atoms with Crippen molar-refractivity contribution in [2.24, 2.45) is 9.98 Å². The average molecular weight is 589 g/mol. The zero-order valence-corrected chi connectivity index (χ0v) is 26.7. The number of aliphatic imine (C=N–C) groups is 2. The predicted octanol–water partition coefficient (Wildman–Crippen LogP) is 8.67. The molecule has 2 aromatic heterocycles. The third-order valence-corrected chi connectivity index (χ3v) is 8.39. The number of aromatic hydroxyl groups is 2. The van der Waals surface area contributed by atoms with Crippen LogP contribution in [0, 0.1) is 0 Å². The van der Waals surface area contributed by atoms with Crippen LogP contribution in [0.4, 0.5) is 0 Å². The lowest BCUT2D eigenvalue weighted by molar-refractivity contribution is 0.390. The highest BCUT2D eigenvalue weighted by molar-refractivity contribution is 5.89. The third-order valence-electron chi connectivity index (χ3n) is 8.39. The van der Waals surface area contributed by atoms with Crippen LogP contribution in [0.5, 0.6) is 11.5 Å². The average Bonchev–Trinajstić information content (AvgIpc) is 3.00. The van der Waals surface area contributed by atoms with Crippen LogP contribution < -0.4 is 0 Å². The van der Waals surface area contributed by atoms with Gasteiger partial charge in [0.1, 0.15) is 11.5 Å². The number of aromatic nitrogens is 2. The van der Waals surface area contributed by atoms with Gasteiger partial charge in [0.25, 0.3) is 0 Å². The van der Waals surface area contributed by atoms with Crippen molar-refractivity contribution >= 4 is 12.4 Å². The van der Waals surface area contributed by atoms with Crippen molar-refractivity contribution in [3.05, 3.63) is 95.6 Å². The third kappa shape index (κ3) is 7.07. The SMILES string of the molecule is CC(C)(C)c1cc(-c2cccnc2)cc(C=N[C@H]2CCCC[C@H]2N=Cc2cc(-c3cccnc3)cc(C(C)(C)C)c2O)c1O. The van der Waals surface area contributed by atoms with E-state index in [1.165, 1.54) is 0 Å². The maximum absolute atomic E-state index is 11.3. The summed E-state index contributed by atoms with van der Waals surface area (Å²) in [5, 5.41) is 22.6. The molecule has 0 aliphatic heterocycles. The molecular formula is C38H44N4O2. The van der Waals surface area contributed by atoms with Crippen molar-refractivity contribution in [1.82, 2.24) is 9.97 Å². The molecule has 2 atom stereocenters. The molecule has 0 amide bonds. The molecular weight excluding hydrogens is 544 g/mol. The molecule has 2 aromatic carbocycles. The molecule has 44 heavy (non-hydrogen) atoms. The predicted molar refractivity (Wildman–Crippen MR) is 181 cm³/mol. The van der Waals surface area contributed by atoms with E-state index in [0.29, 0.717) is 11.1 Å². The Morgan fingerprint density at radius 2 is 1.05 bits per heavy atom. The Morgan fingerprint density at radius 3 is 1.39 bits per heavy atom. The van der Waals surface area contributed by atoms with Gasteiger partial charge in [0.05, 0.1) is 12.1 Å². The zero-order valence-electron chi connectivity index (χ0n) is 26.7. The lowest BCUT2D eigenvalue weighted by Gasteiger charge is -2.26. The summed E-state index contributed by atoms with van der Waals surface area (Å²) in [6.45, 7) is 12.6. The molecule has 1 fully saturated rings. The van der Waals surface area contributed by atoms with Gasteiger partial charge in [0.2, 0.25) is 0 Å². The standard InChI is InChI=1S/C38H44N4O2/c1-37(2,3)31-19-27(25-11-9-15-39-21-25)17-29(35(31)43)23-41-33-13-7-8-14-34(33)42-24-30-18-28(26-12-10-16-40-22-26)20-32(36(30)44)38(4,5)6/h9-12,15-24,33-34,43-44H,7-8,13-14H2,1-6H3/t33-,34+. The fourth-order valence-electron chi connectivity index (χ4n) is 5.85. The van der Waals surface area contributed by atoms with E-state index in [1.807, 2.05) is 61.2 Å². The van der Waals surface area contributed by atoms with Crippen molar-refractivity contribution in [3.63, 3.8) is 0 Å². The first-order valence-corrected chi connectivity index (χ1v) is 15.5. The Morgan fingerprint density at radius 1 is 0.636 bits per heavy atom. The quantitative estimate of drug-likeness (QED) is 0.221. The maximum Gasteiger partial charge on any atom is 0.128 e. The molecule has 0 bridgehead atoms. The van der Waals surface area contributed by atoms with E-state index in [-0.39, 0.29) is 34.4 Å². The van der Waals surface area contributed by atoms with Crippen molar-refractivity contribution in [2.75, 3.05) is 0 Å². The van der Waals surface area contributed by atoms with Gasteiger partial charge in [-0.05, 0) is 71.2 Å². The van der Waals surface area contributed by atoms with Crippen LogP contribution in [0.1, 0.15) is 89.5 Å². The summed E-state index contributed by atoms with van der Waals surface area (Å²) in [4.78, 5) is 18.6. The molecule has 5 rings (SSSR count). The Balaban J connectivity index is 1.48. The fourth-order valence-corrected chi connectivity index (χ4v) is 5.85. The summed E-state index contributed by atoms with van der Waals surface area (Å²) in [6, 6.07) is 15.9. The lowest BCUT2D eigenvalue weighted by atomic mass is 9.83. The zero-order chi connectivity index (χ0) is 31.5. The number of nitrogens with zero attached hydrogens (tertiary/aromatic N) is 4. The molecule has 0 radical (unpaired) electrons. The largest absolute Gasteiger partial charge is 0.507 e. The first-order chi connectivity index (χ1) is 20.9. The van der Waals surface area contributed by atoms with E-state index in [0.717, 1.165) is 59.1 Å². The highest BCUT2D eigenvalue weighted by Crippen LogP contribution is 2.38. The van der Waals surface area contributed by atoms with Gasteiger partial charge in [-0.25, -0.2) is 0 Å². The van der Waals surface area contributed by atoms with Crippen LogP contribution in [0.2, 0.25) is 0 Å². The Hall–Kier alpha value is -4.32. The van der Waals surface area contributed by atoms with Gasteiger partial charge in [-0.3, -0.25) is 20.0 Å². The summed E-state index contributed by atoms with van der Waals surface area (Å²) >= 11 is 0. The van der Waals surface area contributed by atoms with Gasteiger partial charge in [-0.2, -0.15) is 0 Å². The van der Waals surface area contributed by atoms with Gasteiger partial charge in [-0.1, -0.05) is 66.5 Å². The van der Waals surface area contributed by atoms with Crippen LogP contribution in [0.15, 0.2) is 83.3 Å². The summed E-state index contributed by atoms with van der Waals surface area (Å²) in [7, 11) is 0. The number of benzene rings is 2. The second-order valence-electron chi connectivity index (χ2n) is 13.9. The molecule has 6 nitrogen and oxygen atoms in total. The highest BCUT2D eigenvalue weighted by Gasteiger charge is 2.26. The number of pyridine rings is 2. The van der Waals surface area contributed by atoms with Crippen LogP contribution in [-0.2, 0) is 10.8 Å². The van der Waals surface area contributed by atoms with Gasteiger partial charge < -0.3 is 10.2 Å². The maximum atomic E-state index is 11.3. The topological polar surface area (TPSA) is 91.0 Å². The van der Waals surface area contributed by atoms with E-state index in [4.69, 9.17) is 9.98 Å². The van der Waals surface area contributed by atoms with Crippen LogP contribution in [0.25, 0.3) is 22.3 Å². The minimum Gasteiger partial charge on any atom is -0.507 e. The molecule has 1 saturated carbocycles. The molecule has 0 saturated heterocycles. The van der Waals surface area contributed by atoms with Gasteiger partial charge in [-0.15, -0.1) is 0 Å². The van der Waals surface area contributed by atoms with Crippen molar-refractivity contribution in [3.8, 4) is 33.8 Å². The van der Waals surface area contributed by atoms with Crippen LogP contribution in [0.3, 0.4) is 0 Å². The first-order valence-electron chi connectivity index (χ1n) is 15.5. The fraction of sp³-hybridized carbons (Fsp3) is 0.368. The first kappa shape index (κ1) is 31.1. The molecule has 6 heteroatoms. The van der Waals surface area contributed by atoms with Gasteiger partial charge >= 0.3 is 0 Å². The molecule has 2 heterocycles. The summed E-state index contributed by atoms with van der Waals surface area (Å²) in [5.41, 5.74) is 6.63. The minimum absolute atomic E-state index is 0.0229. The number of hydrogen-bond donors (Lipinski definition) is 2. The molecule has 0 unspecified atom stereocenters. The second kappa shape index (κ2) is 12.7. The second-order valence-corrected chi connectivity index (χ2v) is 13.9. The van der Waals surface area contributed by atoms with Gasteiger partial charge in [0.15, 0.2) is 0 Å². The lowest BCUT2D eigenvalue weighted by Crippen LogP contribution is -2.27. The molecule has 4 aromatic rings. The Kier molecular flexibility index (Phi) is 9.00. The van der Waals surface area contributed by atoms with E-state index >= 15 is 0 Å². The van der Waals surface area contributed by atoms with E-state index in [9.17, 15) is 10.2 Å². The monoisotopic (exact) mass is 588 g/mol. The molecule has 1 aliphatic carbocycles. The Labute approximate surface area is 261 Å². The number of phenolic OH excluding ortho intramolecular Hbond substituents is 2. The summed E-state index contributed by atoms with van der Waals surface area (Å²) in [6.07, 6.45) is 14.9. The van der Waals surface area contributed by atoms with E-state index in [1.54, 1.807) is 12.4 Å². The highest BCUT2D eigenvalue weighted by atomic mass is 16.3. The molecule has 2 N–H and O–H groups in total. The van der Waals surface area contributed by atoms with Crippen molar-refractivity contribution < 1.29 is 10.2 Å². The number of phenols is 2. The van der Waals surface area contributed by atoms with E-state index in [2.05, 4.69) is 63.6 Å². The molecule has 1 aliphatic rings. The van der Waals surface area contributed by atoms with Crippen molar-refractivity contribution in [2.45, 2.75) is 90.1 Å². The molecule has 0 spiro atoms. The molecule has 228 valence electrons. The Bertz CT molecular complexity index is 1520. The van der Waals surface area contributed by atoms with Crippen molar-refractivity contribution in [1.29, 1.82) is 0 Å². The number of hydrogen-bond acceptors (Lipinski definition) is 6. The van der Waals surface area contributed by atoms with Crippen LogP contribution in [-0.4, -0.2) is 44.7 Å². The van der Waals surface area contributed by atoms with Gasteiger partial charge in [0, 0.05) is 70.6 Å².